The predicted molar refractivity (Wildman–Crippen MR) is 259 cm³/mol. The summed E-state index contributed by atoms with van der Waals surface area (Å²) in [6, 6.07) is 18.8. The number of halogens is 1. The lowest BCUT2D eigenvalue weighted by Gasteiger charge is -2.34. The third-order valence-corrected chi connectivity index (χ3v) is 13.2. The van der Waals surface area contributed by atoms with Gasteiger partial charge in [-0.15, -0.1) is 0 Å². The number of rotatable bonds is 22. The normalized spacial score (nSPS) is 16.1. The van der Waals surface area contributed by atoms with Crippen molar-refractivity contribution in [2.24, 2.45) is 5.11 Å². The minimum atomic E-state index is -4.45. The molecule has 3 aromatic carbocycles. The fourth-order valence-electron chi connectivity index (χ4n) is 7.13. The third kappa shape index (κ3) is 15.5. The van der Waals surface area contributed by atoms with E-state index < -0.39 is 44.5 Å². The minimum Gasteiger partial charge on any atom is -0.480 e. The van der Waals surface area contributed by atoms with Gasteiger partial charge < -0.3 is 49.5 Å². The molecule has 2 aliphatic heterocycles. The Bertz CT molecular complexity index is 2510. The van der Waals surface area contributed by atoms with Crippen molar-refractivity contribution in [1.29, 1.82) is 0 Å². The monoisotopic (exact) mass is 1010 g/mol. The number of likely N-dealkylation sites (N-methyl/N-ethyl adjacent to an activating group) is 3. The molecule has 3 atom stereocenters. The van der Waals surface area contributed by atoms with Crippen LogP contribution in [0.3, 0.4) is 0 Å². The summed E-state index contributed by atoms with van der Waals surface area (Å²) >= 11 is 6.61. The number of carbonyl (C=O) groups is 4. The second-order valence-corrected chi connectivity index (χ2v) is 18.8. The van der Waals surface area contributed by atoms with Gasteiger partial charge in [0.1, 0.15) is 23.4 Å². The Kier molecular flexibility index (Phi) is 19.1. The molecule has 0 radical (unpaired) electrons. The number of ether oxygens (including phenoxy) is 3. The Balaban J connectivity index is 0.957. The topological polar surface area (TPSA) is 278 Å². The molecule has 3 heterocycles. The molecule has 0 spiro atoms. The molecule has 0 saturated carbocycles. The van der Waals surface area contributed by atoms with Gasteiger partial charge in [0.15, 0.2) is 5.82 Å². The van der Waals surface area contributed by atoms with Crippen molar-refractivity contribution in [2.45, 2.75) is 44.6 Å². The number of anilines is 4. The van der Waals surface area contributed by atoms with Gasteiger partial charge in [0.05, 0.1) is 32.0 Å². The molecule has 0 aliphatic carbocycles. The van der Waals surface area contributed by atoms with E-state index in [9.17, 15) is 33.7 Å². The van der Waals surface area contributed by atoms with Gasteiger partial charge in [0.2, 0.25) is 5.95 Å². The van der Waals surface area contributed by atoms with Crippen molar-refractivity contribution < 1.29 is 52.5 Å². The van der Waals surface area contributed by atoms with E-state index in [1.807, 2.05) is 24.3 Å². The third-order valence-electron chi connectivity index (χ3n) is 11.4. The summed E-state index contributed by atoms with van der Waals surface area (Å²) in [7, 11) is 0.384. The lowest BCUT2D eigenvalue weighted by atomic mass is 10.1. The van der Waals surface area contributed by atoms with Crippen molar-refractivity contribution in [2.75, 3.05) is 95.3 Å². The first-order valence-electron chi connectivity index (χ1n) is 22.3. The van der Waals surface area contributed by atoms with Crippen LogP contribution in [0.25, 0.3) is 10.4 Å². The van der Waals surface area contributed by atoms with Gasteiger partial charge >= 0.3 is 25.9 Å². The number of benzene rings is 3. The average molecular weight is 1010 g/mol. The molecular weight excluding hydrogens is 951 g/mol. The van der Waals surface area contributed by atoms with Crippen LogP contribution in [0.4, 0.5) is 32.7 Å². The number of aromatic nitrogens is 2. The summed E-state index contributed by atoms with van der Waals surface area (Å²) < 4.78 is 36.1. The van der Waals surface area contributed by atoms with Crippen molar-refractivity contribution >= 4 is 66.6 Å². The van der Waals surface area contributed by atoms with E-state index in [0.717, 1.165) is 55.1 Å². The molecular formula is C45H56ClN12O11P. The minimum absolute atomic E-state index is 0.0622. The first-order chi connectivity index (χ1) is 33.6. The second-order valence-electron chi connectivity index (χ2n) is 16.5. The fourth-order valence-corrected chi connectivity index (χ4v) is 8.20. The van der Waals surface area contributed by atoms with Crippen LogP contribution in [0.5, 0.6) is 5.75 Å². The number of carbonyl (C=O) groups excluding carboxylic acids is 3. The van der Waals surface area contributed by atoms with Crippen LogP contribution in [-0.4, -0.2) is 151 Å². The number of amides is 3. The standard InChI is InChI=1S/C45H56ClN12O11P/c1-54-19-23-57(24-20-54)35-14-12-34(13-15-35)50-43-48-28-38(46)40(52-43)58(29-37-5-4-25-66-37)45(63)67-30-32-8-16-36(17-9-32)69-44(62)55(2)21-22-56(3)70(64,65)68-26-18-39(42(60)61)51-41(59)33-10-6-31(7-11-33)27-49-53-47/h6-17,28,37,39H,4-5,18-27,29-30H2,1-3H3,(H,51,59)(H,60,61)(H,64,65)(H,48,50,52)/t37-,39?/m1/s1. The Labute approximate surface area is 409 Å². The van der Waals surface area contributed by atoms with Gasteiger partial charge in [-0.1, -0.05) is 41.0 Å². The molecule has 2 aliphatic rings. The highest BCUT2D eigenvalue weighted by atomic mass is 35.5. The van der Waals surface area contributed by atoms with Crippen LogP contribution < -0.4 is 25.2 Å². The molecule has 23 nitrogen and oxygen atoms in total. The van der Waals surface area contributed by atoms with E-state index in [1.165, 1.54) is 54.4 Å². The van der Waals surface area contributed by atoms with Crippen molar-refractivity contribution in [3.05, 3.63) is 111 Å². The first kappa shape index (κ1) is 52.8. The molecule has 6 rings (SSSR count). The first-order valence-corrected chi connectivity index (χ1v) is 24.2. The van der Waals surface area contributed by atoms with Crippen LogP contribution in [0.15, 0.2) is 84.1 Å². The average Bonchev–Trinajstić information content (AvgIpc) is 3.88. The number of nitrogens with one attached hydrogen (secondary N) is 2. The molecule has 374 valence electrons. The molecule has 2 saturated heterocycles. The zero-order valence-electron chi connectivity index (χ0n) is 38.9. The number of carboxylic acids is 1. The fraction of sp³-hybridized carbons (Fsp3) is 0.422. The molecule has 25 heteroatoms. The van der Waals surface area contributed by atoms with Gasteiger partial charge in [-0.05, 0) is 92.1 Å². The molecule has 3 amide bonds. The number of carboxylic acid groups (broad SMARTS) is 1. The molecule has 2 fully saturated rings. The van der Waals surface area contributed by atoms with E-state index in [-0.39, 0.29) is 73.4 Å². The number of piperazine rings is 1. The SMILES string of the molecule is CN1CCN(c2ccc(Nc3ncc(Cl)c(N(C[C@H]4CCCO4)C(=O)OCc4ccc(OC(=O)N(C)CCN(C)P(=O)(O)OCCC(NC(=O)c5ccc(CN=[N+]=[N-])cc5)C(=O)O)cc4)n3)cc2)CC1. The van der Waals surface area contributed by atoms with Crippen LogP contribution in [-0.2, 0) is 36.5 Å². The van der Waals surface area contributed by atoms with Gasteiger partial charge in [-0.2, -0.15) is 4.98 Å². The number of nitrogens with zero attached hydrogens (tertiary/aromatic N) is 10. The van der Waals surface area contributed by atoms with Gasteiger partial charge in [-0.3, -0.25) is 14.2 Å². The van der Waals surface area contributed by atoms with E-state index in [1.54, 1.807) is 24.3 Å². The van der Waals surface area contributed by atoms with Crippen molar-refractivity contribution in [1.82, 2.24) is 29.8 Å². The maximum atomic E-state index is 13.7. The molecule has 4 N–H and O–H groups in total. The van der Waals surface area contributed by atoms with E-state index in [4.69, 9.17) is 35.9 Å². The Hall–Kier alpha value is -6.55. The lowest BCUT2D eigenvalue weighted by molar-refractivity contribution is -0.139. The lowest BCUT2D eigenvalue weighted by Crippen LogP contribution is -2.44. The number of aliphatic carboxylic acids is 1. The quantitative estimate of drug-likeness (QED) is 0.0283. The van der Waals surface area contributed by atoms with Crippen molar-refractivity contribution in [3.8, 4) is 5.75 Å². The summed E-state index contributed by atoms with van der Waals surface area (Å²) in [4.78, 5) is 80.5. The molecule has 2 unspecified atom stereocenters. The van der Waals surface area contributed by atoms with Gasteiger partial charge in [0.25, 0.3) is 5.91 Å². The summed E-state index contributed by atoms with van der Waals surface area (Å²) in [6.45, 7) is 3.84. The maximum Gasteiger partial charge on any atom is 0.415 e. The summed E-state index contributed by atoms with van der Waals surface area (Å²) in [6.07, 6.45) is 0.934. The van der Waals surface area contributed by atoms with Gasteiger partial charge in [0, 0.05) is 81.2 Å². The zero-order chi connectivity index (χ0) is 50.2. The maximum absolute atomic E-state index is 13.7. The number of hydrogen-bond donors (Lipinski definition) is 4. The van der Waals surface area contributed by atoms with Gasteiger partial charge in [-0.25, -0.2) is 28.6 Å². The number of azide groups is 1. The van der Waals surface area contributed by atoms with E-state index >= 15 is 0 Å². The Morgan fingerprint density at radius 3 is 2.36 bits per heavy atom. The molecule has 1 aromatic heterocycles. The summed E-state index contributed by atoms with van der Waals surface area (Å²) in [5, 5.41) is 18.8. The number of hydrogen-bond acceptors (Lipinski definition) is 15. The van der Waals surface area contributed by atoms with Crippen LogP contribution >= 0.6 is 19.3 Å². The molecule has 0 bridgehead atoms. The van der Waals surface area contributed by atoms with E-state index in [2.05, 4.69) is 47.5 Å². The molecule has 4 aromatic rings. The second kappa shape index (κ2) is 25.3. The summed E-state index contributed by atoms with van der Waals surface area (Å²) in [5.74, 6) is -1.51. The Morgan fingerprint density at radius 1 is 1.00 bits per heavy atom. The highest BCUT2D eigenvalue weighted by Gasteiger charge is 2.30. The van der Waals surface area contributed by atoms with Crippen molar-refractivity contribution in [3.63, 3.8) is 0 Å². The zero-order valence-corrected chi connectivity index (χ0v) is 40.6. The molecule has 70 heavy (non-hydrogen) atoms. The summed E-state index contributed by atoms with van der Waals surface area (Å²) in [5.41, 5.74) is 11.7. The smallest absolute Gasteiger partial charge is 0.415 e. The predicted octanol–water partition coefficient (Wildman–Crippen LogP) is 6.51. The van der Waals surface area contributed by atoms with Crippen LogP contribution in [0.2, 0.25) is 5.02 Å². The Morgan fingerprint density at radius 2 is 1.70 bits per heavy atom. The van der Waals surface area contributed by atoms with Crippen LogP contribution in [0.1, 0.15) is 40.7 Å². The van der Waals surface area contributed by atoms with E-state index in [0.29, 0.717) is 17.7 Å². The highest BCUT2D eigenvalue weighted by molar-refractivity contribution is 7.50. The van der Waals surface area contributed by atoms with Crippen LogP contribution in [0, 0.1) is 0 Å². The highest BCUT2D eigenvalue weighted by Crippen LogP contribution is 2.45. The largest absolute Gasteiger partial charge is 0.480 e.